The minimum absolute atomic E-state index is 0.118. The molecule has 2 heterocycles. The van der Waals surface area contributed by atoms with Crippen molar-refractivity contribution in [3.05, 3.63) is 59.5 Å². The number of hydrogen-bond donors (Lipinski definition) is 0. The van der Waals surface area contributed by atoms with Crippen LogP contribution in [0.4, 0.5) is 13.2 Å². The number of aldehydes is 1. The van der Waals surface area contributed by atoms with Crippen LogP contribution in [-0.2, 0) is 38.6 Å². The van der Waals surface area contributed by atoms with Crippen LogP contribution in [0.3, 0.4) is 0 Å². The molecular formula is C19H21F3N4O6S2. The summed E-state index contributed by atoms with van der Waals surface area (Å²) in [5, 5.41) is 6.97. The molecule has 15 heteroatoms. The molecule has 186 valence electrons. The Morgan fingerprint density at radius 1 is 1.06 bits per heavy atom. The molecule has 0 aliphatic rings. The van der Waals surface area contributed by atoms with Crippen LogP contribution in [-0.4, -0.2) is 48.9 Å². The van der Waals surface area contributed by atoms with Crippen molar-refractivity contribution >= 4 is 26.2 Å². The first-order valence-corrected chi connectivity index (χ1v) is 12.9. The molecule has 34 heavy (non-hydrogen) atoms. The molecule has 1 aromatic carbocycles. The largest absolute Gasteiger partial charge is 0.435 e. The Hall–Kier alpha value is -3.20. The number of hydrogen-bond acceptors (Lipinski definition) is 8. The van der Waals surface area contributed by atoms with Gasteiger partial charge in [0.1, 0.15) is 16.5 Å². The Labute approximate surface area is 194 Å². The zero-order chi connectivity index (χ0) is 25.7. The van der Waals surface area contributed by atoms with Crippen molar-refractivity contribution in [3.63, 3.8) is 0 Å². The number of sulfone groups is 1. The lowest BCUT2D eigenvalue weighted by molar-refractivity contribution is -0.141. The monoisotopic (exact) mass is 522 g/mol. The third-order valence-corrected chi connectivity index (χ3v) is 6.01. The maximum absolute atomic E-state index is 12.2. The standard InChI is InChI=1S/C12H14N2O3S.C7H7F3N2O3S/c1-3-14-12(8-9-13-14)17-18(15,16)11-6-4-10(2)5-7-11;1-16(14,15)4-12-5(3-13)2-6(11-12)7(8,9)10/h4-9H,3H2,1-2H3;2-3H,4H2,1H3. The fourth-order valence-electron chi connectivity index (χ4n) is 2.48. The van der Waals surface area contributed by atoms with Crippen LogP contribution in [0.1, 0.15) is 28.7 Å². The van der Waals surface area contributed by atoms with Crippen molar-refractivity contribution in [1.82, 2.24) is 19.6 Å². The molecule has 0 saturated carbocycles. The lowest BCUT2D eigenvalue weighted by Crippen LogP contribution is -2.14. The third-order valence-electron chi connectivity index (χ3n) is 4.06. The van der Waals surface area contributed by atoms with E-state index in [4.69, 9.17) is 4.18 Å². The first-order chi connectivity index (χ1) is 15.7. The van der Waals surface area contributed by atoms with Gasteiger partial charge in [-0.3, -0.25) is 4.79 Å². The van der Waals surface area contributed by atoms with Gasteiger partial charge in [-0.05, 0) is 32.0 Å². The molecule has 0 N–H and O–H groups in total. The zero-order valence-electron chi connectivity index (χ0n) is 18.2. The summed E-state index contributed by atoms with van der Waals surface area (Å²) in [5.74, 6) is -0.546. The number of benzene rings is 1. The van der Waals surface area contributed by atoms with Crippen LogP contribution in [0.25, 0.3) is 0 Å². The number of nitrogens with zero attached hydrogens (tertiary/aromatic N) is 4. The van der Waals surface area contributed by atoms with Gasteiger partial charge in [0.05, 0.1) is 6.20 Å². The van der Waals surface area contributed by atoms with E-state index in [9.17, 15) is 34.8 Å². The van der Waals surface area contributed by atoms with E-state index < -0.39 is 43.4 Å². The average Bonchev–Trinajstić information content (AvgIpc) is 3.33. The highest BCUT2D eigenvalue weighted by atomic mass is 32.2. The highest BCUT2D eigenvalue weighted by Gasteiger charge is 2.35. The van der Waals surface area contributed by atoms with Crippen LogP contribution in [0.15, 0.2) is 47.5 Å². The number of carbonyl (C=O) groups is 1. The molecule has 0 saturated heterocycles. The SMILES string of the molecule is CCn1nccc1OS(=O)(=O)c1ccc(C)cc1.CS(=O)(=O)Cn1nc(C(F)(F)F)cc1C=O. The van der Waals surface area contributed by atoms with E-state index in [1.165, 1.54) is 29.1 Å². The van der Waals surface area contributed by atoms with E-state index in [2.05, 4.69) is 10.2 Å². The number of aryl methyl sites for hydroxylation is 2. The number of carbonyl (C=O) groups excluding carboxylic acids is 1. The molecule has 0 amide bonds. The summed E-state index contributed by atoms with van der Waals surface area (Å²) >= 11 is 0. The summed E-state index contributed by atoms with van der Waals surface area (Å²) in [4.78, 5) is 10.6. The van der Waals surface area contributed by atoms with Crippen molar-refractivity contribution < 1.29 is 39.0 Å². The molecule has 0 unspecified atom stereocenters. The number of aromatic nitrogens is 4. The maximum Gasteiger partial charge on any atom is 0.435 e. The number of alkyl halides is 3. The molecule has 3 rings (SSSR count). The van der Waals surface area contributed by atoms with E-state index in [1.807, 2.05) is 13.8 Å². The van der Waals surface area contributed by atoms with Crippen molar-refractivity contribution in [2.45, 2.75) is 37.3 Å². The van der Waals surface area contributed by atoms with Crippen molar-refractivity contribution in [1.29, 1.82) is 0 Å². The van der Waals surface area contributed by atoms with Gasteiger partial charge in [0.25, 0.3) is 0 Å². The highest BCUT2D eigenvalue weighted by molar-refractivity contribution is 7.89. The van der Waals surface area contributed by atoms with E-state index in [0.29, 0.717) is 17.3 Å². The second-order valence-corrected chi connectivity index (χ2v) is 10.6. The predicted octanol–water partition coefficient (Wildman–Crippen LogP) is 2.70. The topological polar surface area (TPSA) is 130 Å². The molecule has 0 radical (unpaired) electrons. The number of rotatable bonds is 7. The fraction of sp³-hybridized carbons (Fsp3) is 0.316. The molecule has 0 aliphatic heterocycles. The molecule has 0 fully saturated rings. The Bertz CT molecular complexity index is 1350. The van der Waals surface area contributed by atoms with Gasteiger partial charge in [-0.1, -0.05) is 17.7 Å². The van der Waals surface area contributed by atoms with Crippen LogP contribution in [0.5, 0.6) is 5.88 Å². The molecule has 0 bridgehead atoms. The first-order valence-electron chi connectivity index (χ1n) is 9.47. The second kappa shape index (κ2) is 10.4. The molecule has 2 aromatic heterocycles. The van der Waals surface area contributed by atoms with E-state index in [1.54, 1.807) is 12.1 Å². The summed E-state index contributed by atoms with van der Waals surface area (Å²) < 4.78 is 89.4. The fourth-order valence-corrected chi connectivity index (χ4v) is 4.07. The van der Waals surface area contributed by atoms with E-state index in [0.717, 1.165) is 11.8 Å². The van der Waals surface area contributed by atoms with Crippen molar-refractivity contribution in [2.75, 3.05) is 6.26 Å². The Balaban J connectivity index is 0.000000242. The summed E-state index contributed by atoms with van der Waals surface area (Å²) in [6, 6.07) is 8.53. The Morgan fingerprint density at radius 3 is 2.18 bits per heavy atom. The molecule has 10 nitrogen and oxygen atoms in total. The highest BCUT2D eigenvalue weighted by Crippen LogP contribution is 2.28. The van der Waals surface area contributed by atoms with Crippen molar-refractivity contribution in [2.24, 2.45) is 0 Å². The first kappa shape index (κ1) is 27.0. The van der Waals surface area contributed by atoms with Gasteiger partial charge in [0.2, 0.25) is 5.88 Å². The Morgan fingerprint density at radius 2 is 1.68 bits per heavy atom. The zero-order valence-corrected chi connectivity index (χ0v) is 19.9. The maximum atomic E-state index is 12.2. The normalized spacial score (nSPS) is 12.1. The van der Waals surface area contributed by atoms with Gasteiger partial charge in [0, 0.05) is 18.9 Å². The summed E-state index contributed by atoms with van der Waals surface area (Å²) in [6.07, 6.45) is -2.26. The number of halogens is 3. The van der Waals surface area contributed by atoms with Gasteiger partial charge < -0.3 is 4.18 Å². The van der Waals surface area contributed by atoms with Gasteiger partial charge in [-0.15, -0.1) is 0 Å². The summed E-state index contributed by atoms with van der Waals surface area (Å²) in [7, 11) is -7.36. The van der Waals surface area contributed by atoms with Crippen LogP contribution in [0.2, 0.25) is 0 Å². The third kappa shape index (κ3) is 7.41. The van der Waals surface area contributed by atoms with E-state index >= 15 is 0 Å². The van der Waals surface area contributed by atoms with Crippen LogP contribution < -0.4 is 4.18 Å². The smallest absolute Gasteiger partial charge is 0.358 e. The molecule has 0 spiro atoms. The van der Waals surface area contributed by atoms with Crippen molar-refractivity contribution in [3.8, 4) is 5.88 Å². The molecule has 0 atom stereocenters. The van der Waals surface area contributed by atoms with Gasteiger partial charge in [0.15, 0.2) is 21.8 Å². The molecule has 3 aromatic rings. The second-order valence-electron chi connectivity index (χ2n) is 6.96. The minimum Gasteiger partial charge on any atom is -0.358 e. The predicted molar refractivity (Wildman–Crippen MR) is 114 cm³/mol. The Kier molecular flexibility index (Phi) is 8.26. The lowest BCUT2D eigenvalue weighted by Gasteiger charge is -2.08. The lowest BCUT2D eigenvalue weighted by atomic mass is 10.2. The summed E-state index contributed by atoms with van der Waals surface area (Å²) in [5.41, 5.74) is -0.733. The van der Waals surface area contributed by atoms with Gasteiger partial charge in [-0.2, -0.15) is 31.8 Å². The van der Waals surface area contributed by atoms with Crippen LogP contribution >= 0.6 is 0 Å². The quantitative estimate of drug-likeness (QED) is 0.342. The molecular weight excluding hydrogens is 501 g/mol. The van der Waals surface area contributed by atoms with Gasteiger partial charge >= 0.3 is 16.3 Å². The molecule has 0 aliphatic carbocycles. The summed E-state index contributed by atoms with van der Waals surface area (Å²) in [6.45, 7) is 4.30. The average molecular weight is 523 g/mol. The van der Waals surface area contributed by atoms with Crippen LogP contribution in [0, 0.1) is 6.92 Å². The minimum atomic E-state index is -4.71. The van der Waals surface area contributed by atoms with E-state index in [-0.39, 0.29) is 17.1 Å². The van der Waals surface area contributed by atoms with Gasteiger partial charge in [-0.25, -0.2) is 17.8 Å².